The Kier molecular flexibility index (Phi) is 4.31. The normalized spacial score (nSPS) is 17.2. The van der Waals surface area contributed by atoms with Crippen LogP contribution in [0.5, 0.6) is 0 Å². The Hall–Kier alpha value is -2.73. The zero-order valence-electron chi connectivity index (χ0n) is 13.6. The molecule has 0 fully saturated rings. The van der Waals surface area contributed by atoms with Crippen molar-refractivity contribution in [1.29, 1.82) is 0 Å². The minimum absolute atomic E-state index is 0.142. The molecule has 6 heteroatoms. The van der Waals surface area contributed by atoms with E-state index >= 15 is 0 Å². The molecule has 1 unspecified atom stereocenters. The van der Waals surface area contributed by atoms with Gasteiger partial charge in [0, 0.05) is 0 Å². The molecule has 0 aromatic heterocycles. The van der Waals surface area contributed by atoms with Gasteiger partial charge < -0.3 is 4.74 Å². The average Bonchev–Trinajstić information content (AvgIpc) is 2.61. The largest absolute Gasteiger partial charge is 0.464 e. The Morgan fingerprint density at radius 3 is 2.88 bits per heavy atom. The fourth-order valence-electron chi connectivity index (χ4n) is 2.76. The summed E-state index contributed by atoms with van der Waals surface area (Å²) < 4.78 is 5.37. The van der Waals surface area contributed by atoms with Gasteiger partial charge in [0.25, 0.3) is 5.43 Å². The molecule has 0 saturated carbocycles. The number of amidine groups is 1. The van der Waals surface area contributed by atoms with E-state index in [0.717, 1.165) is 17.5 Å². The highest BCUT2D eigenvalue weighted by atomic mass is 16.5. The van der Waals surface area contributed by atoms with Crippen molar-refractivity contribution in [3.8, 4) is 0 Å². The molecule has 2 aromatic rings. The van der Waals surface area contributed by atoms with Gasteiger partial charge in [-0.3, -0.25) is 14.6 Å². The van der Waals surface area contributed by atoms with Crippen molar-refractivity contribution in [2.45, 2.75) is 26.3 Å². The van der Waals surface area contributed by atoms with Gasteiger partial charge in [0.2, 0.25) is 5.43 Å². The molecule has 0 aliphatic carbocycles. The fraction of sp³-hybridized carbons (Fsp3) is 0.278. The molecule has 2 aromatic carbocycles. The molecular formula is C18H18N3O3. The smallest absolute Gasteiger partial charge is 0.308 e. The first kappa shape index (κ1) is 16.1. The van der Waals surface area contributed by atoms with E-state index in [0.29, 0.717) is 12.2 Å². The van der Waals surface area contributed by atoms with Crippen molar-refractivity contribution in [2.75, 3.05) is 6.61 Å². The van der Waals surface area contributed by atoms with E-state index in [-0.39, 0.29) is 11.7 Å². The van der Waals surface area contributed by atoms with E-state index in [4.69, 9.17) is 10.6 Å². The van der Waals surface area contributed by atoms with Crippen LogP contribution in [0.4, 0.5) is 5.69 Å². The number of ether oxygens (including phenoxy) is 1. The van der Waals surface area contributed by atoms with E-state index in [1.165, 1.54) is 5.01 Å². The van der Waals surface area contributed by atoms with Crippen molar-refractivity contribution >= 4 is 17.8 Å². The van der Waals surface area contributed by atoms with Crippen LogP contribution in [0, 0.1) is 6.07 Å². The van der Waals surface area contributed by atoms with Crippen LogP contribution in [0.15, 0.2) is 38.9 Å². The zero-order chi connectivity index (χ0) is 17.3. The highest BCUT2D eigenvalue weighted by molar-refractivity contribution is 5.82. The van der Waals surface area contributed by atoms with Crippen LogP contribution in [-0.2, 0) is 11.2 Å². The van der Waals surface area contributed by atoms with Gasteiger partial charge in [0.15, 0.2) is 0 Å². The lowest BCUT2D eigenvalue weighted by atomic mass is 9.96. The van der Waals surface area contributed by atoms with Gasteiger partial charge in [-0.25, -0.2) is 5.84 Å². The molecule has 1 aliphatic rings. The molecule has 1 heterocycles. The Labute approximate surface area is 139 Å². The number of aryl methyl sites for hydroxylation is 1. The average molecular weight is 324 g/mol. The second-order valence-corrected chi connectivity index (χ2v) is 5.44. The van der Waals surface area contributed by atoms with Crippen molar-refractivity contribution in [3.63, 3.8) is 0 Å². The fourth-order valence-corrected chi connectivity index (χ4v) is 2.76. The number of aliphatic imine (C=N–C) groups is 1. The predicted octanol–water partition coefficient (Wildman–Crippen LogP) is 1.61. The van der Waals surface area contributed by atoms with Crippen LogP contribution in [0.25, 0.3) is 6.08 Å². The number of fused-ring (bicyclic) bond motifs is 1. The lowest BCUT2D eigenvalue weighted by Gasteiger charge is -2.32. The highest BCUT2D eigenvalue weighted by Crippen LogP contribution is 2.31. The maximum atomic E-state index is 11.9. The number of benzene rings is 1. The van der Waals surface area contributed by atoms with Crippen molar-refractivity contribution in [3.05, 3.63) is 67.5 Å². The molecule has 123 valence electrons. The van der Waals surface area contributed by atoms with Gasteiger partial charge in [-0.05, 0) is 30.5 Å². The molecule has 24 heavy (non-hydrogen) atoms. The molecule has 0 spiro atoms. The molecule has 1 aliphatic heterocycles. The summed E-state index contributed by atoms with van der Waals surface area (Å²) in [6.07, 6.45) is 4.56. The number of hydrogen-bond donors (Lipinski definition) is 1. The molecule has 1 radical (unpaired) electrons. The number of rotatable bonds is 4. The van der Waals surface area contributed by atoms with Crippen molar-refractivity contribution in [1.82, 2.24) is 5.01 Å². The van der Waals surface area contributed by atoms with Gasteiger partial charge in [-0.1, -0.05) is 37.3 Å². The van der Waals surface area contributed by atoms with Crippen molar-refractivity contribution < 1.29 is 4.74 Å². The monoisotopic (exact) mass is 324 g/mol. The summed E-state index contributed by atoms with van der Waals surface area (Å²) in [6.45, 7) is 4.22. The van der Waals surface area contributed by atoms with Crippen LogP contribution in [0.1, 0.15) is 36.6 Å². The third-order valence-corrected chi connectivity index (χ3v) is 4.04. The van der Waals surface area contributed by atoms with Crippen molar-refractivity contribution in [2.24, 2.45) is 10.8 Å². The lowest BCUT2D eigenvalue weighted by molar-refractivity contribution is 0.221. The molecule has 6 nitrogen and oxygen atoms in total. The summed E-state index contributed by atoms with van der Waals surface area (Å²) in [5.74, 6) is 6.06. The molecule has 3 rings (SSSR count). The van der Waals surface area contributed by atoms with Gasteiger partial charge >= 0.3 is 6.02 Å². The summed E-state index contributed by atoms with van der Waals surface area (Å²) in [7, 11) is 0. The standard InChI is InChI=1S/C18H18N3O3/c1-3-11-7-5-6-8-12(11)9-10-13-14-15(17(23)16(14)22)20-18(21(13)19)24-4-2/h6-10,13H,3-4,19H2,1-2H3. The van der Waals surface area contributed by atoms with E-state index < -0.39 is 16.9 Å². The summed E-state index contributed by atoms with van der Waals surface area (Å²) in [4.78, 5) is 27.7. The van der Waals surface area contributed by atoms with Crippen LogP contribution in [0.3, 0.4) is 0 Å². The Morgan fingerprint density at radius 2 is 2.17 bits per heavy atom. The molecule has 2 N–H and O–H groups in total. The van der Waals surface area contributed by atoms with Gasteiger partial charge in [0.05, 0.1) is 18.2 Å². The summed E-state index contributed by atoms with van der Waals surface area (Å²) in [5, 5.41) is 1.28. The summed E-state index contributed by atoms with van der Waals surface area (Å²) in [6, 6.07) is 8.32. The van der Waals surface area contributed by atoms with Gasteiger partial charge in [-0.2, -0.15) is 4.99 Å². The number of hydrazine groups is 1. The van der Waals surface area contributed by atoms with Gasteiger partial charge in [-0.15, -0.1) is 0 Å². The summed E-state index contributed by atoms with van der Waals surface area (Å²) in [5.41, 5.74) is 1.51. The first-order chi connectivity index (χ1) is 11.6. The predicted molar refractivity (Wildman–Crippen MR) is 92.5 cm³/mol. The van der Waals surface area contributed by atoms with Crippen LogP contribution < -0.4 is 16.7 Å². The van der Waals surface area contributed by atoms with E-state index in [2.05, 4.69) is 18.0 Å². The molecule has 0 saturated heterocycles. The van der Waals surface area contributed by atoms with E-state index in [1.807, 2.05) is 24.3 Å². The quantitative estimate of drug-likeness (QED) is 0.682. The number of nitrogens with two attached hydrogens (primary N) is 1. The van der Waals surface area contributed by atoms with Gasteiger partial charge in [0.1, 0.15) is 5.69 Å². The third-order valence-electron chi connectivity index (χ3n) is 4.04. The zero-order valence-corrected chi connectivity index (χ0v) is 13.6. The van der Waals surface area contributed by atoms with E-state index in [1.54, 1.807) is 13.0 Å². The molecule has 0 bridgehead atoms. The second-order valence-electron chi connectivity index (χ2n) is 5.44. The van der Waals surface area contributed by atoms with Crippen LogP contribution in [0.2, 0.25) is 0 Å². The minimum atomic E-state index is -0.586. The Balaban J connectivity index is 1.99. The Morgan fingerprint density at radius 1 is 1.38 bits per heavy atom. The Bertz CT molecular complexity index is 891. The SMILES string of the molecule is CCOC1=Nc2c(c(=O)c2=O)C(C=Cc2cc[c]cc2CC)N1N. The number of nitrogens with zero attached hydrogens (tertiary/aromatic N) is 2. The maximum Gasteiger partial charge on any atom is 0.308 e. The third kappa shape index (κ3) is 2.55. The molecule has 0 amide bonds. The second kappa shape index (κ2) is 6.41. The van der Waals surface area contributed by atoms with Crippen LogP contribution in [-0.4, -0.2) is 17.6 Å². The first-order valence-electron chi connectivity index (χ1n) is 7.84. The maximum absolute atomic E-state index is 11.9. The molecular weight excluding hydrogens is 306 g/mol. The summed E-state index contributed by atoms with van der Waals surface area (Å²) >= 11 is 0. The minimum Gasteiger partial charge on any atom is -0.464 e. The highest BCUT2D eigenvalue weighted by Gasteiger charge is 2.36. The lowest BCUT2D eigenvalue weighted by Crippen LogP contribution is -2.50. The molecule has 1 atom stereocenters. The van der Waals surface area contributed by atoms with E-state index in [9.17, 15) is 9.59 Å². The topological polar surface area (TPSA) is 85.0 Å². The van der Waals surface area contributed by atoms with Crippen LogP contribution >= 0.6 is 0 Å². The number of hydrogen-bond acceptors (Lipinski definition) is 6. The first-order valence-corrected chi connectivity index (χ1v) is 7.84.